The second kappa shape index (κ2) is 9.27. The van der Waals surface area contributed by atoms with Crippen LogP contribution in [0.25, 0.3) is 16.7 Å². The number of anilines is 1. The lowest BCUT2D eigenvalue weighted by Crippen LogP contribution is -2.28. The lowest BCUT2D eigenvalue weighted by atomic mass is 10.1. The van der Waals surface area contributed by atoms with Gasteiger partial charge in [-0.1, -0.05) is 36.0 Å². The molecule has 2 aromatic heterocycles. The molecule has 1 amide bonds. The Balaban J connectivity index is 1.55. The molecule has 9 heteroatoms. The first-order valence-electron chi connectivity index (χ1n) is 11.0. The van der Waals surface area contributed by atoms with E-state index < -0.39 is 5.69 Å². The zero-order valence-electron chi connectivity index (χ0n) is 19.5. The molecule has 0 fully saturated rings. The van der Waals surface area contributed by atoms with Gasteiger partial charge in [0.2, 0.25) is 5.91 Å². The van der Waals surface area contributed by atoms with Crippen molar-refractivity contribution in [2.75, 3.05) is 12.4 Å². The van der Waals surface area contributed by atoms with Gasteiger partial charge in [-0.15, -0.1) is 5.10 Å². The van der Waals surface area contributed by atoms with Crippen molar-refractivity contribution >= 4 is 40.0 Å². The van der Waals surface area contributed by atoms with E-state index in [9.17, 15) is 9.59 Å². The van der Waals surface area contributed by atoms with Crippen LogP contribution >= 0.6 is 11.8 Å². The Morgan fingerprint density at radius 1 is 1.03 bits per heavy atom. The number of nitrogens with zero attached hydrogens (tertiary/aromatic N) is 4. The van der Waals surface area contributed by atoms with Gasteiger partial charge >= 0.3 is 5.69 Å². The zero-order valence-corrected chi connectivity index (χ0v) is 20.3. The van der Waals surface area contributed by atoms with Gasteiger partial charge in [0.25, 0.3) is 0 Å². The Morgan fingerprint density at radius 3 is 2.57 bits per heavy atom. The first kappa shape index (κ1) is 22.7. The monoisotopic (exact) mass is 485 g/mol. The quantitative estimate of drug-likeness (QED) is 0.382. The first-order valence-corrected chi connectivity index (χ1v) is 11.8. The standard InChI is InChI=1S/C26H23N5O3S/c1-16-11-17(2)13-18(12-16)27-23(32)15-30-26(33)31-22-10-5-4-9-21(22)28-25(24(31)29-30)35-20-8-6-7-19(14-20)34-3/h4-14H,15H2,1-3H3,(H,27,32). The molecule has 0 aliphatic rings. The number of carbonyl (C=O) groups is 1. The van der Waals surface area contributed by atoms with E-state index in [4.69, 9.17) is 9.72 Å². The molecule has 0 saturated heterocycles. The van der Waals surface area contributed by atoms with Crippen LogP contribution in [0, 0.1) is 13.8 Å². The van der Waals surface area contributed by atoms with Gasteiger partial charge in [0.15, 0.2) is 5.65 Å². The molecule has 35 heavy (non-hydrogen) atoms. The molecule has 0 unspecified atom stereocenters. The minimum absolute atomic E-state index is 0.217. The highest BCUT2D eigenvalue weighted by Gasteiger charge is 2.18. The van der Waals surface area contributed by atoms with Crippen molar-refractivity contribution in [2.45, 2.75) is 30.3 Å². The number of amides is 1. The number of aryl methyl sites for hydroxylation is 2. The van der Waals surface area contributed by atoms with Crippen molar-refractivity contribution in [1.29, 1.82) is 0 Å². The lowest BCUT2D eigenvalue weighted by molar-refractivity contribution is -0.117. The van der Waals surface area contributed by atoms with Gasteiger partial charge in [-0.05, 0) is 67.4 Å². The van der Waals surface area contributed by atoms with Gasteiger partial charge in [-0.25, -0.2) is 18.9 Å². The molecule has 8 nitrogen and oxygen atoms in total. The average Bonchev–Trinajstić information content (AvgIpc) is 3.15. The molecule has 176 valence electrons. The van der Waals surface area contributed by atoms with Crippen LogP contribution in [-0.4, -0.2) is 32.2 Å². The summed E-state index contributed by atoms with van der Waals surface area (Å²) in [5, 5.41) is 7.93. The Bertz CT molecular complexity index is 1620. The maximum atomic E-state index is 13.4. The zero-order chi connectivity index (χ0) is 24.5. The predicted octanol–water partition coefficient (Wildman–Crippen LogP) is 4.46. The molecule has 0 spiro atoms. The molecule has 0 aliphatic heterocycles. The number of benzene rings is 3. The largest absolute Gasteiger partial charge is 0.497 e. The van der Waals surface area contributed by atoms with Crippen LogP contribution in [0.3, 0.4) is 0 Å². The van der Waals surface area contributed by atoms with Crippen LogP contribution in [-0.2, 0) is 11.3 Å². The number of carbonyl (C=O) groups excluding carboxylic acids is 1. The number of nitrogens with one attached hydrogen (secondary N) is 1. The van der Waals surface area contributed by atoms with E-state index in [0.717, 1.165) is 21.8 Å². The van der Waals surface area contributed by atoms with Crippen molar-refractivity contribution in [1.82, 2.24) is 19.2 Å². The van der Waals surface area contributed by atoms with E-state index >= 15 is 0 Å². The first-order chi connectivity index (χ1) is 16.9. The summed E-state index contributed by atoms with van der Waals surface area (Å²) in [6.07, 6.45) is 0. The van der Waals surface area contributed by atoms with E-state index in [2.05, 4.69) is 10.4 Å². The van der Waals surface area contributed by atoms with Crippen molar-refractivity contribution in [3.8, 4) is 5.75 Å². The van der Waals surface area contributed by atoms with Gasteiger partial charge in [-0.2, -0.15) is 0 Å². The van der Waals surface area contributed by atoms with Crippen molar-refractivity contribution < 1.29 is 9.53 Å². The van der Waals surface area contributed by atoms with Crippen molar-refractivity contribution in [3.05, 3.63) is 88.3 Å². The molecule has 0 saturated carbocycles. The maximum Gasteiger partial charge on any atom is 0.351 e. The summed E-state index contributed by atoms with van der Waals surface area (Å²) in [6.45, 7) is 3.72. The highest BCUT2D eigenvalue weighted by atomic mass is 32.2. The molecule has 2 heterocycles. The van der Waals surface area contributed by atoms with Gasteiger partial charge in [0, 0.05) is 10.6 Å². The number of methoxy groups -OCH3 is 1. The maximum absolute atomic E-state index is 13.4. The van der Waals surface area contributed by atoms with Gasteiger partial charge in [-0.3, -0.25) is 4.79 Å². The molecule has 1 N–H and O–H groups in total. The van der Waals surface area contributed by atoms with E-state index in [1.54, 1.807) is 7.11 Å². The number of fused-ring (bicyclic) bond motifs is 3. The fourth-order valence-corrected chi connectivity index (χ4v) is 4.91. The minimum Gasteiger partial charge on any atom is -0.497 e. The van der Waals surface area contributed by atoms with Crippen LogP contribution < -0.4 is 15.7 Å². The van der Waals surface area contributed by atoms with Crippen LogP contribution in [0.15, 0.2) is 81.4 Å². The molecule has 5 rings (SSSR count). The van der Waals surface area contributed by atoms with E-state index in [1.807, 2.05) is 80.6 Å². The molecular formula is C26H23N5O3S. The fraction of sp³-hybridized carbons (Fsp3) is 0.154. The Kier molecular flexibility index (Phi) is 6.00. The van der Waals surface area contributed by atoms with Crippen LogP contribution in [0.1, 0.15) is 11.1 Å². The minimum atomic E-state index is -0.401. The second-order valence-corrected chi connectivity index (χ2v) is 9.27. The summed E-state index contributed by atoms with van der Waals surface area (Å²) in [7, 11) is 1.61. The van der Waals surface area contributed by atoms with E-state index in [0.29, 0.717) is 27.4 Å². The Labute approximate surface area is 205 Å². The molecule has 3 aromatic carbocycles. The number of para-hydroxylation sites is 2. The number of ether oxygens (including phenoxy) is 1. The van der Waals surface area contributed by atoms with Crippen molar-refractivity contribution in [3.63, 3.8) is 0 Å². The fourth-order valence-electron chi connectivity index (χ4n) is 4.00. The third-order valence-electron chi connectivity index (χ3n) is 5.43. The summed E-state index contributed by atoms with van der Waals surface area (Å²) >= 11 is 1.38. The summed E-state index contributed by atoms with van der Waals surface area (Å²) in [5.41, 5.74) is 4.05. The summed E-state index contributed by atoms with van der Waals surface area (Å²) in [4.78, 5) is 31.8. The van der Waals surface area contributed by atoms with Crippen LogP contribution in [0.5, 0.6) is 5.75 Å². The number of hydrogen-bond donors (Lipinski definition) is 1. The van der Waals surface area contributed by atoms with Crippen LogP contribution in [0.4, 0.5) is 5.69 Å². The van der Waals surface area contributed by atoms with Crippen molar-refractivity contribution in [2.24, 2.45) is 0 Å². The lowest BCUT2D eigenvalue weighted by Gasteiger charge is -2.07. The van der Waals surface area contributed by atoms with Gasteiger partial charge in [0.05, 0.1) is 18.1 Å². The van der Waals surface area contributed by atoms with Gasteiger partial charge in [0.1, 0.15) is 17.3 Å². The Hall–Kier alpha value is -4.11. The Morgan fingerprint density at radius 2 is 1.80 bits per heavy atom. The highest BCUT2D eigenvalue weighted by Crippen LogP contribution is 2.32. The molecule has 0 aliphatic carbocycles. The predicted molar refractivity (Wildman–Crippen MR) is 136 cm³/mol. The summed E-state index contributed by atoms with van der Waals surface area (Å²) in [6, 6.07) is 20.8. The van der Waals surface area contributed by atoms with Gasteiger partial charge < -0.3 is 10.1 Å². The normalized spacial score (nSPS) is 11.2. The summed E-state index contributed by atoms with van der Waals surface area (Å²) in [5.74, 6) is 0.387. The molecular weight excluding hydrogens is 462 g/mol. The summed E-state index contributed by atoms with van der Waals surface area (Å²) < 4.78 is 8.01. The average molecular weight is 486 g/mol. The number of rotatable bonds is 6. The second-order valence-electron chi connectivity index (χ2n) is 8.21. The third kappa shape index (κ3) is 4.63. The SMILES string of the molecule is COc1cccc(Sc2nc3ccccc3n3c(=O)n(CC(=O)Nc4cc(C)cc(C)c4)nc23)c1. The third-order valence-corrected chi connectivity index (χ3v) is 6.39. The number of hydrogen-bond acceptors (Lipinski definition) is 6. The molecule has 0 atom stereocenters. The molecule has 0 bridgehead atoms. The highest BCUT2D eigenvalue weighted by molar-refractivity contribution is 7.99. The van der Waals surface area contributed by atoms with Crippen LogP contribution in [0.2, 0.25) is 0 Å². The smallest absolute Gasteiger partial charge is 0.351 e. The molecule has 5 aromatic rings. The van der Waals surface area contributed by atoms with E-state index in [-0.39, 0.29) is 12.5 Å². The molecule has 0 radical (unpaired) electrons. The number of aromatic nitrogens is 4. The topological polar surface area (TPSA) is 90.5 Å². The van der Waals surface area contributed by atoms with E-state index in [1.165, 1.54) is 20.8 Å².